The standard InChI is InChI=1S/C15H18N4O2/c1-18(2)19(3)13-9-16-14(17-10-13)11-6-5-7-12(8-11)15(20)21-4/h5-10H,1-4H3. The molecular formula is C15H18N4O2. The number of aromatic nitrogens is 2. The number of methoxy groups -OCH3 is 1. The predicted molar refractivity (Wildman–Crippen MR) is 80.9 cm³/mol. The quantitative estimate of drug-likeness (QED) is 0.631. The maximum atomic E-state index is 11.5. The lowest BCUT2D eigenvalue weighted by molar-refractivity contribution is 0.0601. The van der Waals surface area contributed by atoms with E-state index < -0.39 is 0 Å². The Kier molecular flexibility index (Phi) is 4.49. The summed E-state index contributed by atoms with van der Waals surface area (Å²) in [7, 11) is 7.16. The maximum absolute atomic E-state index is 11.5. The number of hydrazine groups is 1. The molecule has 1 aromatic carbocycles. The fourth-order valence-corrected chi connectivity index (χ4v) is 1.77. The van der Waals surface area contributed by atoms with Gasteiger partial charge in [-0.2, -0.15) is 0 Å². The molecule has 0 amide bonds. The predicted octanol–water partition coefficient (Wildman–Crippen LogP) is 1.84. The summed E-state index contributed by atoms with van der Waals surface area (Å²) < 4.78 is 4.71. The molecule has 2 aromatic rings. The number of carbonyl (C=O) groups is 1. The Hall–Kier alpha value is -2.47. The lowest BCUT2D eigenvalue weighted by Gasteiger charge is -2.25. The van der Waals surface area contributed by atoms with Crippen LogP contribution in [0.5, 0.6) is 0 Å². The molecule has 0 fully saturated rings. The minimum atomic E-state index is -0.374. The molecule has 0 radical (unpaired) electrons. The second kappa shape index (κ2) is 6.32. The zero-order chi connectivity index (χ0) is 15.4. The number of rotatable bonds is 4. The van der Waals surface area contributed by atoms with Crippen molar-refractivity contribution in [3.63, 3.8) is 0 Å². The van der Waals surface area contributed by atoms with Gasteiger partial charge in [0.05, 0.1) is 30.8 Å². The van der Waals surface area contributed by atoms with Crippen molar-refractivity contribution in [3.05, 3.63) is 42.2 Å². The van der Waals surface area contributed by atoms with Crippen LogP contribution in [0.1, 0.15) is 10.4 Å². The van der Waals surface area contributed by atoms with Crippen LogP contribution >= 0.6 is 0 Å². The van der Waals surface area contributed by atoms with Gasteiger partial charge in [0.25, 0.3) is 0 Å². The van der Waals surface area contributed by atoms with E-state index in [1.165, 1.54) is 7.11 Å². The number of nitrogens with zero attached hydrogens (tertiary/aromatic N) is 4. The molecule has 21 heavy (non-hydrogen) atoms. The smallest absolute Gasteiger partial charge is 0.337 e. The second-order valence-electron chi connectivity index (χ2n) is 4.71. The molecule has 0 aliphatic carbocycles. The van der Waals surface area contributed by atoms with E-state index in [0.717, 1.165) is 11.3 Å². The fraction of sp³-hybridized carbons (Fsp3) is 0.267. The van der Waals surface area contributed by atoms with Crippen LogP contribution in [-0.4, -0.2) is 49.2 Å². The van der Waals surface area contributed by atoms with Crippen molar-refractivity contribution in [2.24, 2.45) is 0 Å². The van der Waals surface area contributed by atoms with Crippen molar-refractivity contribution in [2.75, 3.05) is 33.3 Å². The second-order valence-corrected chi connectivity index (χ2v) is 4.71. The molecule has 0 spiro atoms. The SMILES string of the molecule is COC(=O)c1cccc(-c2ncc(N(C)N(C)C)cn2)c1. The van der Waals surface area contributed by atoms with Gasteiger partial charge < -0.3 is 9.75 Å². The number of ether oxygens (including phenoxy) is 1. The Morgan fingerprint density at radius 3 is 2.38 bits per heavy atom. The molecule has 2 rings (SSSR count). The molecule has 1 heterocycles. The summed E-state index contributed by atoms with van der Waals surface area (Å²) in [5, 5.41) is 3.85. The summed E-state index contributed by atoms with van der Waals surface area (Å²) in [6.07, 6.45) is 3.49. The number of anilines is 1. The van der Waals surface area contributed by atoms with Gasteiger partial charge in [-0.15, -0.1) is 0 Å². The number of hydrogen-bond donors (Lipinski definition) is 0. The van der Waals surface area contributed by atoms with Crippen molar-refractivity contribution in [3.8, 4) is 11.4 Å². The molecule has 0 saturated carbocycles. The van der Waals surface area contributed by atoms with E-state index in [2.05, 4.69) is 9.97 Å². The van der Waals surface area contributed by atoms with E-state index >= 15 is 0 Å². The van der Waals surface area contributed by atoms with Gasteiger partial charge in [-0.05, 0) is 12.1 Å². The maximum Gasteiger partial charge on any atom is 0.337 e. The minimum Gasteiger partial charge on any atom is -0.465 e. The molecule has 0 aliphatic rings. The Morgan fingerprint density at radius 1 is 1.14 bits per heavy atom. The number of carbonyl (C=O) groups excluding carboxylic acids is 1. The number of esters is 1. The molecule has 0 aliphatic heterocycles. The first kappa shape index (κ1) is 14.9. The highest BCUT2D eigenvalue weighted by atomic mass is 16.5. The van der Waals surface area contributed by atoms with Crippen LogP contribution in [0.15, 0.2) is 36.7 Å². The first-order chi connectivity index (χ1) is 10.0. The zero-order valence-electron chi connectivity index (χ0n) is 12.6. The summed E-state index contributed by atoms with van der Waals surface area (Å²) in [4.78, 5) is 20.2. The molecule has 6 nitrogen and oxygen atoms in total. The van der Waals surface area contributed by atoms with Crippen molar-refractivity contribution in [1.29, 1.82) is 0 Å². The molecule has 0 atom stereocenters. The molecule has 1 aromatic heterocycles. The van der Waals surface area contributed by atoms with Gasteiger partial charge in [0.15, 0.2) is 5.82 Å². The van der Waals surface area contributed by atoms with Gasteiger partial charge in [-0.1, -0.05) is 12.1 Å². The lowest BCUT2D eigenvalue weighted by atomic mass is 10.1. The summed E-state index contributed by atoms with van der Waals surface area (Å²) in [6, 6.07) is 7.06. The molecular weight excluding hydrogens is 268 g/mol. The van der Waals surface area contributed by atoms with Gasteiger partial charge in [-0.25, -0.2) is 19.8 Å². The average Bonchev–Trinajstić information content (AvgIpc) is 2.53. The lowest BCUT2D eigenvalue weighted by Crippen LogP contribution is -2.33. The molecule has 0 saturated heterocycles. The minimum absolute atomic E-state index is 0.374. The van der Waals surface area contributed by atoms with Gasteiger partial charge in [0, 0.05) is 26.7 Å². The van der Waals surface area contributed by atoms with Crippen molar-refractivity contribution in [1.82, 2.24) is 15.0 Å². The summed E-state index contributed by atoms with van der Waals surface area (Å²) in [5.41, 5.74) is 2.14. The third-order valence-electron chi connectivity index (χ3n) is 3.15. The Balaban J connectivity index is 2.29. The summed E-state index contributed by atoms with van der Waals surface area (Å²) >= 11 is 0. The number of hydrogen-bond acceptors (Lipinski definition) is 6. The molecule has 110 valence electrons. The highest BCUT2D eigenvalue weighted by Gasteiger charge is 2.09. The number of benzene rings is 1. The van der Waals surface area contributed by atoms with E-state index in [4.69, 9.17) is 4.74 Å². The van der Waals surface area contributed by atoms with E-state index in [0.29, 0.717) is 11.4 Å². The van der Waals surface area contributed by atoms with Crippen LogP contribution in [0.25, 0.3) is 11.4 Å². The van der Waals surface area contributed by atoms with Crippen molar-refractivity contribution in [2.45, 2.75) is 0 Å². The largest absolute Gasteiger partial charge is 0.465 e. The summed E-state index contributed by atoms with van der Waals surface area (Å²) in [6.45, 7) is 0. The van der Waals surface area contributed by atoms with Gasteiger partial charge >= 0.3 is 5.97 Å². The van der Waals surface area contributed by atoms with Crippen LogP contribution in [0.2, 0.25) is 0 Å². The zero-order valence-corrected chi connectivity index (χ0v) is 12.6. The first-order valence-electron chi connectivity index (χ1n) is 6.44. The molecule has 0 bridgehead atoms. The van der Waals surface area contributed by atoms with Crippen molar-refractivity contribution < 1.29 is 9.53 Å². The van der Waals surface area contributed by atoms with E-state index in [1.54, 1.807) is 30.6 Å². The summed E-state index contributed by atoms with van der Waals surface area (Å²) in [5.74, 6) is 0.192. The topological polar surface area (TPSA) is 58.6 Å². The Bertz CT molecular complexity index is 626. The molecule has 6 heteroatoms. The first-order valence-corrected chi connectivity index (χ1v) is 6.44. The van der Waals surface area contributed by atoms with Gasteiger partial charge in [0.2, 0.25) is 0 Å². The normalized spacial score (nSPS) is 10.5. The van der Waals surface area contributed by atoms with Crippen LogP contribution < -0.4 is 5.01 Å². The fourth-order valence-electron chi connectivity index (χ4n) is 1.77. The highest BCUT2D eigenvalue weighted by molar-refractivity contribution is 5.90. The van der Waals surface area contributed by atoms with E-state index in [-0.39, 0.29) is 5.97 Å². The third kappa shape index (κ3) is 3.35. The molecule has 0 N–H and O–H groups in total. The van der Waals surface area contributed by atoms with Crippen molar-refractivity contribution >= 4 is 11.7 Å². The van der Waals surface area contributed by atoms with Crippen LogP contribution in [0.3, 0.4) is 0 Å². The van der Waals surface area contributed by atoms with E-state index in [9.17, 15) is 4.79 Å². The average molecular weight is 286 g/mol. The van der Waals surface area contributed by atoms with Crippen LogP contribution in [-0.2, 0) is 4.74 Å². The van der Waals surface area contributed by atoms with Crippen LogP contribution in [0, 0.1) is 0 Å². The highest BCUT2D eigenvalue weighted by Crippen LogP contribution is 2.19. The third-order valence-corrected chi connectivity index (χ3v) is 3.15. The Morgan fingerprint density at radius 2 is 1.81 bits per heavy atom. The monoisotopic (exact) mass is 286 g/mol. The van der Waals surface area contributed by atoms with Gasteiger partial charge in [-0.3, -0.25) is 0 Å². The van der Waals surface area contributed by atoms with Crippen LogP contribution in [0.4, 0.5) is 5.69 Å². The van der Waals surface area contributed by atoms with Gasteiger partial charge in [0.1, 0.15) is 0 Å². The van der Waals surface area contributed by atoms with E-state index in [1.807, 2.05) is 37.2 Å². The molecule has 0 unspecified atom stereocenters. The Labute approximate surface area is 124 Å².